The molecule has 1 atom stereocenters. The second-order valence-corrected chi connectivity index (χ2v) is 4.65. The molecule has 1 heterocycles. The third-order valence-electron chi connectivity index (χ3n) is 3.09. The Morgan fingerprint density at radius 2 is 1.71 bits per heavy atom. The molecule has 0 bridgehead atoms. The molecule has 3 nitrogen and oxygen atoms in total. The third-order valence-corrected chi connectivity index (χ3v) is 3.09. The van der Waals surface area contributed by atoms with Gasteiger partial charge < -0.3 is 10.3 Å². The summed E-state index contributed by atoms with van der Waals surface area (Å²) < 4.78 is 5.23. The second kappa shape index (κ2) is 4.34. The number of aryl methyl sites for hydroxylation is 3. The first-order valence-corrected chi connectivity index (χ1v) is 5.79. The van der Waals surface area contributed by atoms with Crippen molar-refractivity contribution in [1.82, 2.24) is 5.16 Å². The van der Waals surface area contributed by atoms with Gasteiger partial charge in [0.2, 0.25) is 0 Å². The zero-order valence-corrected chi connectivity index (χ0v) is 10.7. The lowest BCUT2D eigenvalue weighted by Crippen LogP contribution is -2.02. The molecular formula is C14H18N2O. The second-order valence-electron chi connectivity index (χ2n) is 4.65. The minimum absolute atomic E-state index is 0.122. The normalized spacial score (nSPS) is 12.8. The van der Waals surface area contributed by atoms with Crippen LogP contribution >= 0.6 is 0 Å². The summed E-state index contributed by atoms with van der Waals surface area (Å²) >= 11 is 0. The van der Waals surface area contributed by atoms with Crippen LogP contribution < -0.4 is 5.73 Å². The molecule has 0 saturated heterocycles. The van der Waals surface area contributed by atoms with Crippen LogP contribution in [0.5, 0.6) is 0 Å². The minimum Gasteiger partial charge on any atom is -0.359 e. The van der Waals surface area contributed by atoms with E-state index in [9.17, 15) is 0 Å². The van der Waals surface area contributed by atoms with Crippen molar-refractivity contribution < 1.29 is 4.52 Å². The molecule has 0 aliphatic rings. The molecule has 1 unspecified atom stereocenters. The highest BCUT2D eigenvalue weighted by Crippen LogP contribution is 2.27. The van der Waals surface area contributed by atoms with Gasteiger partial charge in [0.05, 0.1) is 6.04 Å². The van der Waals surface area contributed by atoms with Gasteiger partial charge in [0.25, 0.3) is 0 Å². The van der Waals surface area contributed by atoms with Gasteiger partial charge in [-0.25, -0.2) is 0 Å². The van der Waals surface area contributed by atoms with Crippen molar-refractivity contribution in [3.63, 3.8) is 0 Å². The number of nitrogens with two attached hydrogens (primary N) is 1. The van der Waals surface area contributed by atoms with Gasteiger partial charge in [-0.05, 0) is 50.5 Å². The fraction of sp³-hybridized carbons (Fsp3) is 0.357. The fourth-order valence-corrected chi connectivity index (χ4v) is 1.87. The Kier molecular flexibility index (Phi) is 3.03. The smallest absolute Gasteiger partial charge is 0.153 e. The maximum Gasteiger partial charge on any atom is 0.153 e. The molecule has 2 aromatic rings. The van der Waals surface area contributed by atoms with E-state index < -0.39 is 0 Å². The lowest BCUT2D eigenvalue weighted by molar-refractivity contribution is 0.369. The maximum atomic E-state index is 5.76. The molecule has 0 saturated carbocycles. The van der Waals surface area contributed by atoms with E-state index in [1.165, 1.54) is 16.7 Å². The van der Waals surface area contributed by atoms with Crippen molar-refractivity contribution in [3.05, 3.63) is 40.6 Å². The molecule has 17 heavy (non-hydrogen) atoms. The molecule has 2 rings (SSSR count). The molecule has 90 valence electrons. The predicted octanol–water partition coefficient (Wildman–Crippen LogP) is 3.29. The van der Waals surface area contributed by atoms with E-state index >= 15 is 0 Å². The van der Waals surface area contributed by atoms with E-state index in [4.69, 9.17) is 10.3 Å². The van der Waals surface area contributed by atoms with Gasteiger partial charge in [-0.15, -0.1) is 0 Å². The van der Waals surface area contributed by atoms with E-state index in [0.29, 0.717) is 0 Å². The maximum absolute atomic E-state index is 5.76. The topological polar surface area (TPSA) is 52.0 Å². The number of benzene rings is 1. The third kappa shape index (κ3) is 2.24. The fourth-order valence-electron chi connectivity index (χ4n) is 1.87. The number of hydrogen-bond donors (Lipinski definition) is 1. The Hall–Kier alpha value is -1.61. The molecular weight excluding hydrogens is 212 g/mol. The summed E-state index contributed by atoms with van der Waals surface area (Å²) in [6.07, 6.45) is 0. The van der Waals surface area contributed by atoms with Crippen molar-refractivity contribution >= 4 is 0 Å². The lowest BCUT2D eigenvalue weighted by atomic mass is 9.98. The summed E-state index contributed by atoms with van der Waals surface area (Å²) in [5.41, 5.74) is 11.5. The molecule has 0 aliphatic carbocycles. The van der Waals surface area contributed by atoms with Crippen LogP contribution in [-0.4, -0.2) is 5.16 Å². The molecule has 3 heteroatoms. The molecule has 1 aromatic carbocycles. The molecule has 2 N–H and O–H groups in total. The van der Waals surface area contributed by atoms with E-state index in [2.05, 4.69) is 38.1 Å². The largest absolute Gasteiger partial charge is 0.359 e. The average molecular weight is 230 g/mol. The first kappa shape index (κ1) is 11.9. The summed E-state index contributed by atoms with van der Waals surface area (Å²) in [5.74, 6) is 0.720. The van der Waals surface area contributed by atoms with Gasteiger partial charge in [0.1, 0.15) is 5.69 Å². The Morgan fingerprint density at radius 3 is 2.29 bits per heavy atom. The zero-order valence-electron chi connectivity index (χ0n) is 10.7. The van der Waals surface area contributed by atoms with Crippen LogP contribution in [0.3, 0.4) is 0 Å². The van der Waals surface area contributed by atoms with Gasteiger partial charge in [-0.3, -0.25) is 0 Å². The molecule has 0 spiro atoms. The SMILES string of the molecule is Cc1cc(C)c(-c2cc(C(C)N)on2)cc1C. The van der Waals surface area contributed by atoms with Crippen LogP contribution in [0.25, 0.3) is 11.3 Å². The Morgan fingerprint density at radius 1 is 1.06 bits per heavy atom. The van der Waals surface area contributed by atoms with Crippen molar-refractivity contribution in [2.45, 2.75) is 33.7 Å². The van der Waals surface area contributed by atoms with Gasteiger partial charge in [0, 0.05) is 11.6 Å². The summed E-state index contributed by atoms with van der Waals surface area (Å²) in [5, 5.41) is 4.08. The first-order valence-electron chi connectivity index (χ1n) is 5.79. The average Bonchev–Trinajstić information content (AvgIpc) is 2.72. The van der Waals surface area contributed by atoms with Crippen molar-refractivity contribution in [1.29, 1.82) is 0 Å². The number of nitrogens with zero attached hydrogens (tertiary/aromatic N) is 1. The van der Waals surface area contributed by atoms with E-state index in [1.54, 1.807) is 0 Å². The van der Waals surface area contributed by atoms with Crippen LogP contribution in [0.1, 0.15) is 35.4 Å². The standard InChI is InChI=1S/C14H18N2O/c1-8-5-10(3)12(6-9(8)2)13-7-14(11(4)15)17-16-13/h5-7,11H,15H2,1-4H3. The van der Waals surface area contributed by atoms with Gasteiger partial charge in [-0.2, -0.15) is 0 Å². The number of rotatable bonds is 2. The first-order chi connectivity index (χ1) is 7.99. The van der Waals surface area contributed by atoms with E-state index in [0.717, 1.165) is 17.0 Å². The molecule has 0 aliphatic heterocycles. The summed E-state index contributed by atoms with van der Waals surface area (Å²) in [6, 6.07) is 6.11. The molecule has 0 fully saturated rings. The molecule has 0 amide bonds. The van der Waals surface area contributed by atoms with E-state index in [1.807, 2.05) is 13.0 Å². The van der Waals surface area contributed by atoms with Gasteiger partial charge in [-0.1, -0.05) is 11.2 Å². The van der Waals surface area contributed by atoms with Crippen LogP contribution in [0.4, 0.5) is 0 Å². The minimum atomic E-state index is -0.122. The van der Waals surface area contributed by atoms with Crippen LogP contribution in [0.2, 0.25) is 0 Å². The highest BCUT2D eigenvalue weighted by atomic mass is 16.5. The summed E-state index contributed by atoms with van der Waals surface area (Å²) in [4.78, 5) is 0. The lowest BCUT2D eigenvalue weighted by Gasteiger charge is -2.06. The highest BCUT2D eigenvalue weighted by Gasteiger charge is 2.12. The van der Waals surface area contributed by atoms with Crippen molar-refractivity contribution in [2.24, 2.45) is 5.73 Å². The predicted molar refractivity (Wildman–Crippen MR) is 68.8 cm³/mol. The summed E-state index contributed by atoms with van der Waals surface area (Å²) in [7, 11) is 0. The molecule has 0 radical (unpaired) electrons. The quantitative estimate of drug-likeness (QED) is 0.861. The van der Waals surface area contributed by atoms with Crippen molar-refractivity contribution in [2.75, 3.05) is 0 Å². The van der Waals surface area contributed by atoms with Crippen LogP contribution in [0.15, 0.2) is 22.7 Å². The Balaban J connectivity index is 2.49. The van der Waals surface area contributed by atoms with Gasteiger partial charge in [0.15, 0.2) is 5.76 Å². The number of hydrogen-bond acceptors (Lipinski definition) is 3. The van der Waals surface area contributed by atoms with Crippen molar-refractivity contribution in [3.8, 4) is 11.3 Å². The highest BCUT2D eigenvalue weighted by molar-refractivity contribution is 5.65. The summed E-state index contributed by atoms with van der Waals surface area (Å²) in [6.45, 7) is 8.19. The van der Waals surface area contributed by atoms with Crippen LogP contribution in [0, 0.1) is 20.8 Å². The number of aromatic nitrogens is 1. The van der Waals surface area contributed by atoms with Crippen LogP contribution in [-0.2, 0) is 0 Å². The van der Waals surface area contributed by atoms with Gasteiger partial charge >= 0.3 is 0 Å². The molecule has 1 aromatic heterocycles. The Bertz CT molecular complexity index is 541. The monoisotopic (exact) mass is 230 g/mol. The van der Waals surface area contributed by atoms with E-state index in [-0.39, 0.29) is 6.04 Å². The zero-order chi connectivity index (χ0) is 12.6. The Labute approximate surface area is 102 Å².